The summed E-state index contributed by atoms with van der Waals surface area (Å²) in [6.07, 6.45) is 3.67. The highest BCUT2D eigenvalue weighted by Crippen LogP contribution is 2.29. The first-order chi connectivity index (χ1) is 13.2. The fourth-order valence-electron chi connectivity index (χ4n) is 3.68. The number of nitrogens with zero attached hydrogens (tertiary/aromatic N) is 4. The van der Waals surface area contributed by atoms with E-state index in [2.05, 4.69) is 15.1 Å². The van der Waals surface area contributed by atoms with Gasteiger partial charge in [0.25, 0.3) is 5.91 Å². The summed E-state index contributed by atoms with van der Waals surface area (Å²) in [6.45, 7) is 1.80. The van der Waals surface area contributed by atoms with Crippen molar-refractivity contribution in [2.75, 3.05) is 18.0 Å². The molecule has 0 spiro atoms. The van der Waals surface area contributed by atoms with Crippen LogP contribution in [0.4, 0.5) is 17.1 Å². The minimum absolute atomic E-state index is 0.111. The van der Waals surface area contributed by atoms with E-state index in [1.165, 1.54) is 11.3 Å². The Hall–Kier alpha value is -2.86. The van der Waals surface area contributed by atoms with Crippen LogP contribution in [0.25, 0.3) is 0 Å². The molecule has 1 atom stereocenters. The van der Waals surface area contributed by atoms with Crippen molar-refractivity contribution in [2.45, 2.75) is 31.7 Å². The Morgan fingerprint density at radius 3 is 2.07 bits per heavy atom. The Balaban J connectivity index is 1.47. The van der Waals surface area contributed by atoms with Gasteiger partial charge in [-0.3, -0.25) is 14.5 Å². The van der Waals surface area contributed by atoms with Crippen LogP contribution in [-0.4, -0.2) is 35.8 Å². The zero-order valence-electron chi connectivity index (χ0n) is 15.1. The van der Waals surface area contributed by atoms with E-state index in [-0.39, 0.29) is 24.3 Å². The number of benzene rings is 2. The summed E-state index contributed by atoms with van der Waals surface area (Å²) in [5, 5.41) is 8.38. The molecule has 0 bridgehead atoms. The molecule has 6 heteroatoms. The molecule has 27 heavy (non-hydrogen) atoms. The average molecular weight is 362 g/mol. The molecule has 2 saturated heterocycles. The van der Waals surface area contributed by atoms with E-state index >= 15 is 0 Å². The average Bonchev–Trinajstić information content (AvgIpc) is 3.02. The van der Waals surface area contributed by atoms with Gasteiger partial charge in [0.15, 0.2) is 0 Å². The highest BCUT2D eigenvalue weighted by Gasteiger charge is 2.42. The number of piperidine rings is 1. The number of amides is 2. The molecule has 2 aromatic rings. The van der Waals surface area contributed by atoms with Gasteiger partial charge in [0.1, 0.15) is 0 Å². The second-order valence-electron chi connectivity index (χ2n) is 6.94. The molecule has 138 valence electrons. The van der Waals surface area contributed by atoms with E-state index in [9.17, 15) is 9.59 Å². The van der Waals surface area contributed by atoms with Gasteiger partial charge in [0, 0.05) is 0 Å². The van der Waals surface area contributed by atoms with Crippen LogP contribution in [0.1, 0.15) is 25.7 Å². The SMILES string of the molecule is O=C1C[C@@H](N2CCCCC2)C(=O)N1c1ccc(N=Nc2ccccc2)cc1. The third-order valence-corrected chi connectivity index (χ3v) is 5.10. The Bertz CT molecular complexity index is 842. The number of carbonyl (C=O) groups is 2. The van der Waals surface area contributed by atoms with Crippen LogP contribution in [0.5, 0.6) is 0 Å². The van der Waals surface area contributed by atoms with Crippen LogP contribution in [-0.2, 0) is 9.59 Å². The monoisotopic (exact) mass is 362 g/mol. The number of anilines is 1. The van der Waals surface area contributed by atoms with Crippen molar-refractivity contribution in [3.63, 3.8) is 0 Å². The van der Waals surface area contributed by atoms with Crippen molar-refractivity contribution < 1.29 is 9.59 Å². The predicted molar refractivity (Wildman–Crippen MR) is 103 cm³/mol. The molecular weight excluding hydrogens is 340 g/mol. The van der Waals surface area contributed by atoms with E-state index < -0.39 is 0 Å². The molecule has 0 radical (unpaired) electrons. The molecule has 2 heterocycles. The first-order valence-corrected chi connectivity index (χ1v) is 9.40. The van der Waals surface area contributed by atoms with Crippen LogP contribution in [0.15, 0.2) is 64.8 Å². The molecule has 0 N–H and O–H groups in total. The van der Waals surface area contributed by atoms with Gasteiger partial charge in [-0.15, -0.1) is 0 Å². The van der Waals surface area contributed by atoms with Gasteiger partial charge < -0.3 is 0 Å². The molecule has 0 aliphatic carbocycles. The van der Waals surface area contributed by atoms with Gasteiger partial charge >= 0.3 is 0 Å². The molecule has 2 aliphatic heterocycles. The molecule has 2 aromatic carbocycles. The quantitative estimate of drug-likeness (QED) is 0.604. The Kier molecular flexibility index (Phi) is 5.07. The number of likely N-dealkylation sites (tertiary alicyclic amines) is 1. The summed E-state index contributed by atoms with van der Waals surface area (Å²) in [7, 11) is 0. The number of rotatable bonds is 4. The second kappa shape index (κ2) is 7.80. The number of carbonyl (C=O) groups excluding carboxylic acids is 2. The van der Waals surface area contributed by atoms with Gasteiger partial charge in [-0.05, 0) is 62.3 Å². The van der Waals surface area contributed by atoms with Crippen LogP contribution in [0.2, 0.25) is 0 Å². The first-order valence-electron chi connectivity index (χ1n) is 9.40. The number of imide groups is 1. The van der Waals surface area contributed by atoms with Crippen molar-refractivity contribution in [2.24, 2.45) is 10.2 Å². The lowest BCUT2D eigenvalue weighted by atomic mass is 10.1. The Morgan fingerprint density at radius 1 is 0.778 bits per heavy atom. The Labute approximate surface area is 158 Å². The van der Waals surface area contributed by atoms with Gasteiger partial charge in [0.05, 0.1) is 29.5 Å². The van der Waals surface area contributed by atoms with Crippen molar-refractivity contribution in [1.29, 1.82) is 0 Å². The third kappa shape index (κ3) is 3.80. The van der Waals surface area contributed by atoms with E-state index in [4.69, 9.17) is 0 Å². The van der Waals surface area contributed by atoms with Crippen LogP contribution in [0.3, 0.4) is 0 Å². The fourth-order valence-corrected chi connectivity index (χ4v) is 3.68. The Morgan fingerprint density at radius 2 is 1.41 bits per heavy atom. The molecule has 2 aliphatic rings. The van der Waals surface area contributed by atoms with E-state index in [1.54, 1.807) is 24.3 Å². The predicted octanol–water partition coefficient (Wildman–Crippen LogP) is 4.22. The number of azo groups is 1. The maximum absolute atomic E-state index is 12.8. The summed E-state index contributed by atoms with van der Waals surface area (Å²) < 4.78 is 0. The number of hydrogen-bond acceptors (Lipinski definition) is 5. The smallest absolute Gasteiger partial charge is 0.251 e. The molecule has 4 rings (SSSR count). The van der Waals surface area contributed by atoms with Crippen LogP contribution >= 0.6 is 0 Å². The maximum atomic E-state index is 12.8. The molecular formula is C21H22N4O2. The number of hydrogen-bond donors (Lipinski definition) is 0. The summed E-state index contributed by atoms with van der Waals surface area (Å²) in [4.78, 5) is 28.8. The van der Waals surface area contributed by atoms with Crippen molar-refractivity contribution in [3.05, 3.63) is 54.6 Å². The molecule has 2 amide bonds. The standard InChI is InChI=1S/C21H22N4O2/c26-20-15-19(24-13-5-2-6-14-24)21(27)25(20)18-11-9-17(10-12-18)23-22-16-7-3-1-4-8-16/h1,3-4,7-12,19H,2,5-6,13-15H2/t19-/m1/s1. The second-order valence-corrected chi connectivity index (χ2v) is 6.94. The van der Waals surface area contributed by atoms with E-state index in [0.717, 1.165) is 31.6 Å². The molecule has 0 aromatic heterocycles. The van der Waals surface area contributed by atoms with Gasteiger partial charge in [-0.25, -0.2) is 4.90 Å². The van der Waals surface area contributed by atoms with E-state index in [0.29, 0.717) is 11.4 Å². The van der Waals surface area contributed by atoms with Crippen molar-refractivity contribution in [1.82, 2.24) is 4.90 Å². The fraction of sp³-hybridized carbons (Fsp3) is 0.333. The molecule has 0 saturated carbocycles. The summed E-state index contributed by atoms with van der Waals surface area (Å²) in [5.74, 6) is -0.241. The highest BCUT2D eigenvalue weighted by atomic mass is 16.2. The topological polar surface area (TPSA) is 65.3 Å². The lowest BCUT2D eigenvalue weighted by Crippen LogP contribution is -2.44. The molecule has 2 fully saturated rings. The van der Waals surface area contributed by atoms with E-state index in [1.807, 2.05) is 30.3 Å². The van der Waals surface area contributed by atoms with Crippen LogP contribution < -0.4 is 4.90 Å². The molecule has 6 nitrogen and oxygen atoms in total. The minimum atomic E-state index is -0.310. The highest BCUT2D eigenvalue weighted by molar-refractivity contribution is 6.22. The van der Waals surface area contributed by atoms with Gasteiger partial charge in [0.2, 0.25) is 5.91 Å². The minimum Gasteiger partial charge on any atom is -0.292 e. The van der Waals surface area contributed by atoms with Gasteiger partial charge in [-0.2, -0.15) is 10.2 Å². The lowest BCUT2D eigenvalue weighted by Gasteiger charge is -2.30. The van der Waals surface area contributed by atoms with Crippen LogP contribution in [0, 0.1) is 0 Å². The zero-order valence-corrected chi connectivity index (χ0v) is 15.1. The lowest BCUT2D eigenvalue weighted by molar-refractivity contribution is -0.123. The largest absolute Gasteiger partial charge is 0.292 e. The summed E-state index contributed by atoms with van der Waals surface area (Å²) in [6, 6.07) is 16.2. The normalized spacial score (nSPS) is 21.3. The maximum Gasteiger partial charge on any atom is 0.251 e. The van der Waals surface area contributed by atoms with Crippen molar-refractivity contribution in [3.8, 4) is 0 Å². The first kappa shape index (κ1) is 17.5. The van der Waals surface area contributed by atoms with Crippen molar-refractivity contribution >= 4 is 28.9 Å². The van der Waals surface area contributed by atoms with Gasteiger partial charge in [-0.1, -0.05) is 24.6 Å². The summed E-state index contributed by atoms with van der Waals surface area (Å²) >= 11 is 0. The third-order valence-electron chi connectivity index (χ3n) is 5.10. The molecule has 0 unspecified atom stereocenters. The summed E-state index contributed by atoms with van der Waals surface area (Å²) in [5.41, 5.74) is 2.05. The zero-order chi connectivity index (χ0) is 18.6.